The zero-order chi connectivity index (χ0) is 10.7. The van der Waals surface area contributed by atoms with E-state index in [1.807, 2.05) is 0 Å². The second-order valence-electron chi connectivity index (χ2n) is 4.50. The summed E-state index contributed by atoms with van der Waals surface area (Å²) in [6.45, 7) is 20.4. The maximum atomic E-state index is 2.27. The molecular formula is C9H27GeLiSi3. The summed E-state index contributed by atoms with van der Waals surface area (Å²) in [5.74, 6) is 0. The summed E-state index contributed by atoms with van der Waals surface area (Å²) in [6, 6.07) is 0. The SMILES string of the molecule is C[Si](C)C.C[Si](C)C.C[Si](C)C.[Ge].[Li]. The third-order valence-electron chi connectivity index (χ3n) is 0. The van der Waals surface area contributed by atoms with E-state index in [1.54, 1.807) is 0 Å². The summed E-state index contributed by atoms with van der Waals surface area (Å²) in [5.41, 5.74) is 0. The van der Waals surface area contributed by atoms with Crippen molar-refractivity contribution in [1.29, 1.82) is 0 Å². The van der Waals surface area contributed by atoms with Crippen molar-refractivity contribution in [3.05, 3.63) is 0 Å². The van der Waals surface area contributed by atoms with Gasteiger partial charge < -0.3 is 0 Å². The van der Waals surface area contributed by atoms with Gasteiger partial charge >= 0.3 is 0 Å². The molecule has 0 saturated carbocycles. The van der Waals surface area contributed by atoms with Crippen LogP contribution in [0.5, 0.6) is 0 Å². The van der Waals surface area contributed by atoms with Crippen molar-refractivity contribution >= 4 is 62.8 Å². The van der Waals surface area contributed by atoms with E-state index in [1.165, 1.54) is 0 Å². The molecule has 80 valence electrons. The Bertz CT molecular complexity index is 48.5. The normalized spacial score (nSPS) is 7.71. The third-order valence-corrected chi connectivity index (χ3v) is 0. The maximum absolute atomic E-state index is 2.27. The van der Waals surface area contributed by atoms with E-state index in [0.29, 0.717) is 0 Å². The van der Waals surface area contributed by atoms with Crippen LogP contribution in [0.15, 0.2) is 0 Å². The Labute approximate surface area is 121 Å². The molecule has 0 N–H and O–H groups in total. The van der Waals surface area contributed by atoms with Crippen molar-refractivity contribution in [2.24, 2.45) is 0 Å². The van der Waals surface area contributed by atoms with Gasteiger partial charge in [-0.2, -0.15) is 0 Å². The summed E-state index contributed by atoms with van der Waals surface area (Å²) < 4.78 is 0. The average Bonchev–Trinajstić information content (AvgIpc) is 1.54. The second-order valence-corrected chi connectivity index (χ2v) is 13.5. The molecule has 0 bridgehead atoms. The minimum absolute atomic E-state index is 0. The molecule has 0 spiro atoms. The van der Waals surface area contributed by atoms with Gasteiger partial charge in [-0.3, -0.25) is 0 Å². The van der Waals surface area contributed by atoms with E-state index in [-0.39, 0.29) is 62.8 Å². The van der Waals surface area contributed by atoms with Crippen LogP contribution in [-0.4, -0.2) is 62.8 Å². The molecule has 0 fully saturated rings. The largest absolute Gasteiger partial charge is 0.0715 e. The quantitative estimate of drug-likeness (QED) is 0.602. The maximum Gasteiger partial charge on any atom is 0.0379 e. The molecule has 0 aliphatic heterocycles. The second kappa shape index (κ2) is 24.2. The van der Waals surface area contributed by atoms with Crippen molar-refractivity contribution in [1.82, 2.24) is 0 Å². The van der Waals surface area contributed by atoms with Crippen molar-refractivity contribution in [2.45, 2.75) is 58.9 Å². The molecule has 0 saturated heterocycles. The fourth-order valence-electron chi connectivity index (χ4n) is 0. The van der Waals surface area contributed by atoms with Crippen LogP contribution in [-0.2, 0) is 0 Å². The first-order valence-electron chi connectivity index (χ1n) is 4.50. The molecule has 8 radical (unpaired) electrons. The van der Waals surface area contributed by atoms with Crippen LogP contribution >= 0.6 is 0 Å². The van der Waals surface area contributed by atoms with Gasteiger partial charge in [0.25, 0.3) is 0 Å². The summed E-state index contributed by atoms with van der Waals surface area (Å²) in [4.78, 5) is 0. The minimum atomic E-state index is 0. The molecule has 0 aliphatic carbocycles. The Morgan fingerprint density at radius 2 is 0.429 bits per heavy atom. The van der Waals surface area contributed by atoms with Crippen molar-refractivity contribution in [3.8, 4) is 0 Å². The molecule has 0 heterocycles. The van der Waals surface area contributed by atoms with Crippen molar-refractivity contribution in [2.75, 3.05) is 0 Å². The Kier molecular flexibility index (Phi) is 51.2. The third kappa shape index (κ3) is 703. The van der Waals surface area contributed by atoms with Crippen LogP contribution in [0.2, 0.25) is 58.9 Å². The summed E-state index contributed by atoms with van der Waals surface area (Å²) in [5, 5.41) is 0. The molecule has 0 unspecified atom stereocenters. The van der Waals surface area contributed by atoms with E-state index in [2.05, 4.69) is 58.9 Å². The first kappa shape index (κ1) is 29.7. The van der Waals surface area contributed by atoms with Crippen LogP contribution in [0, 0.1) is 0 Å². The topological polar surface area (TPSA) is 0 Å². The van der Waals surface area contributed by atoms with Gasteiger partial charge in [-0.1, -0.05) is 58.9 Å². The fourth-order valence-corrected chi connectivity index (χ4v) is 0. The van der Waals surface area contributed by atoms with Gasteiger partial charge in [0.15, 0.2) is 0 Å². The van der Waals surface area contributed by atoms with Crippen LogP contribution in [0.1, 0.15) is 0 Å². The Balaban J connectivity index is -0.0000000270. The molecule has 0 aliphatic rings. The van der Waals surface area contributed by atoms with Gasteiger partial charge in [0.05, 0.1) is 0 Å². The molecule has 0 atom stereocenters. The number of rotatable bonds is 0. The van der Waals surface area contributed by atoms with Crippen LogP contribution in [0.25, 0.3) is 0 Å². The zero-order valence-corrected chi connectivity index (χ0v) is 17.1. The number of hydrogen-bond donors (Lipinski definition) is 0. The fraction of sp³-hybridized carbons (Fsp3) is 1.00. The molecule has 0 rings (SSSR count). The molecule has 0 aromatic heterocycles. The Morgan fingerprint density at radius 1 is 0.429 bits per heavy atom. The van der Waals surface area contributed by atoms with E-state index in [0.717, 1.165) is 0 Å². The van der Waals surface area contributed by atoms with Crippen LogP contribution in [0.4, 0.5) is 0 Å². The predicted molar refractivity (Wildman–Crippen MR) is 81.5 cm³/mol. The van der Waals surface area contributed by atoms with Gasteiger partial charge in [0.1, 0.15) is 0 Å². The molecule has 5 heteroatoms. The molecule has 0 amide bonds. The summed E-state index contributed by atoms with van der Waals surface area (Å²) >= 11 is 0. The smallest absolute Gasteiger partial charge is 0.0379 e. The van der Waals surface area contributed by atoms with E-state index in [4.69, 9.17) is 0 Å². The average molecular weight is 299 g/mol. The van der Waals surface area contributed by atoms with Gasteiger partial charge in [0, 0.05) is 62.8 Å². The van der Waals surface area contributed by atoms with E-state index >= 15 is 0 Å². The van der Waals surface area contributed by atoms with Gasteiger partial charge in [0.2, 0.25) is 0 Å². The predicted octanol–water partition coefficient (Wildman–Crippen LogP) is 3.35. The zero-order valence-electron chi connectivity index (χ0n) is 12.0. The minimum Gasteiger partial charge on any atom is -0.0715 e. The molecule has 0 aromatic rings. The molecule has 0 aromatic carbocycles. The molecule has 0 nitrogen and oxygen atoms in total. The van der Waals surface area contributed by atoms with Crippen molar-refractivity contribution in [3.63, 3.8) is 0 Å². The monoisotopic (exact) mass is 300 g/mol. The van der Waals surface area contributed by atoms with E-state index in [9.17, 15) is 0 Å². The van der Waals surface area contributed by atoms with Gasteiger partial charge in [-0.15, -0.1) is 0 Å². The van der Waals surface area contributed by atoms with Crippen LogP contribution in [0.3, 0.4) is 0 Å². The van der Waals surface area contributed by atoms with Gasteiger partial charge in [-0.25, -0.2) is 0 Å². The van der Waals surface area contributed by atoms with Gasteiger partial charge in [-0.05, 0) is 0 Å². The Hall–Kier alpha value is 1.79. The number of hydrogen-bond acceptors (Lipinski definition) is 0. The standard InChI is InChI=1S/3C3H9Si.Ge.Li/c3*1-4(2)3;;/h3*1-3H3;;. The first-order chi connectivity index (χ1) is 5.20. The molecular weight excluding hydrogens is 272 g/mol. The van der Waals surface area contributed by atoms with Crippen LogP contribution < -0.4 is 0 Å². The van der Waals surface area contributed by atoms with Crippen molar-refractivity contribution < 1.29 is 0 Å². The molecule has 14 heavy (non-hydrogen) atoms. The summed E-state index contributed by atoms with van der Waals surface area (Å²) in [6.07, 6.45) is 0. The first-order valence-corrected chi connectivity index (χ1v) is 13.5. The summed E-state index contributed by atoms with van der Waals surface area (Å²) in [7, 11) is 0.361. The Morgan fingerprint density at radius 3 is 0.429 bits per heavy atom. The van der Waals surface area contributed by atoms with E-state index < -0.39 is 0 Å².